The van der Waals surface area contributed by atoms with E-state index in [-0.39, 0.29) is 27.8 Å². The van der Waals surface area contributed by atoms with E-state index in [2.05, 4.69) is 17.5 Å². The molecule has 2 aliphatic heterocycles. The number of thioether (sulfide) groups is 1. The Morgan fingerprint density at radius 2 is 1.78 bits per heavy atom. The second-order valence-corrected chi connectivity index (χ2v) is 9.54. The molecule has 0 fully saturated rings. The van der Waals surface area contributed by atoms with Gasteiger partial charge in [-0.25, -0.2) is 4.79 Å². The minimum absolute atomic E-state index is 0.0137. The van der Waals surface area contributed by atoms with Crippen LogP contribution in [0.2, 0.25) is 0 Å². The first-order valence-electron chi connectivity index (χ1n) is 11.6. The summed E-state index contributed by atoms with van der Waals surface area (Å²) in [5.74, 6) is -4.31. The van der Waals surface area contributed by atoms with Gasteiger partial charge in [-0.1, -0.05) is 48.2 Å². The molecule has 37 heavy (non-hydrogen) atoms. The number of amides is 2. The first-order valence-corrected chi connectivity index (χ1v) is 12.5. The Labute approximate surface area is 218 Å². The van der Waals surface area contributed by atoms with Gasteiger partial charge in [0.25, 0.3) is 0 Å². The molecule has 4 rings (SSSR count). The predicted molar refractivity (Wildman–Crippen MR) is 135 cm³/mol. The van der Waals surface area contributed by atoms with Crippen molar-refractivity contribution < 1.29 is 28.7 Å². The molecule has 9 nitrogen and oxygen atoms in total. The molecular weight excluding hydrogens is 494 g/mol. The van der Waals surface area contributed by atoms with Gasteiger partial charge < -0.3 is 19.7 Å². The largest absolute Gasteiger partial charge is 0.468 e. The lowest BCUT2D eigenvalue weighted by Gasteiger charge is -2.32. The lowest BCUT2D eigenvalue weighted by molar-refractivity contribution is -0.150. The Bertz CT molecular complexity index is 1310. The third-order valence-corrected chi connectivity index (χ3v) is 7.50. The molecule has 10 heteroatoms. The van der Waals surface area contributed by atoms with Crippen molar-refractivity contribution in [1.29, 1.82) is 5.26 Å². The number of fused-ring (bicyclic) bond motifs is 1. The number of rotatable bonds is 6. The summed E-state index contributed by atoms with van der Waals surface area (Å²) >= 11 is 1.06. The summed E-state index contributed by atoms with van der Waals surface area (Å²) in [6.45, 7) is 1.10. The van der Waals surface area contributed by atoms with Crippen LogP contribution in [0, 0.1) is 17.2 Å². The fraction of sp³-hybridized carbons (Fsp3) is 0.296. The van der Waals surface area contributed by atoms with Crippen molar-refractivity contribution in [2.45, 2.75) is 18.9 Å². The highest BCUT2D eigenvalue weighted by Gasteiger charge is 2.44. The van der Waals surface area contributed by atoms with E-state index in [0.29, 0.717) is 18.7 Å². The van der Waals surface area contributed by atoms with Crippen LogP contribution >= 0.6 is 11.8 Å². The summed E-state index contributed by atoms with van der Waals surface area (Å²) in [6.07, 6.45) is 0.764. The minimum Gasteiger partial charge on any atom is -0.468 e. The summed E-state index contributed by atoms with van der Waals surface area (Å²) in [7, 11) is 2.43. The van der Waals surface area contributed by atoms with Crippen LogP contribution in [-0.4, -0.2) is 55.2 Å². The number of benzene rings is 2. The molecule has 0 saturated carbocycles. The van der Waals surface area contributed by atoms with Gasteiger partial charge in [-0.15, -0.1) is 0 Å². The summed E-state index contributed by atoms with van der Waals surface area (Å²) < 4.78 is 9.57. The van der Waals surface area contributed by atoms with Crippen molar-refractivity contribution in [3.05, 3.63) is 81.4 Å². The lowest BCUT2D eigenvalue weighted by atomic mass is 9.78. The Morgan fingerprint density at radius 1 is 1.08 bits per heavy atom. The number of nitrogens with one attached hydrogen (secondary N) is 1. The standard InChI is InChI=1S/C27H25N3O6S/c1-35-26(33)18-9-7-17(8-10-18)22-20(13-28)25(29-24(32)23(22)27(34)36-2)37-15-21(31)30-12-11-16-5-3-4-6-19(16)14-30/h3-10,22-23H,11-12,14-15H2,1-2H3,(H,29,32)/t22-,23-/m0/s1. The molecule has 0 unspecified atom stereocenters. The SMILES string of the molecule is COC(=O)c1ccc([C@H]2C(C#N)=C(SCC(=O)N3CCc4ccccc4C3)NC(=O)[C@H]2C(=O)OC)cc1. The molecule has 0 bridgehead atoms. The molecule has 1 N–H and O–H groups in total. The zero-order valence-electron chi connectivity index (χ0n) is 20.4. The van der Waals surface area contributed by atoms with Crippen LogP contribution in [-0.2, 0) is 36.8 Å². The summed E-state index contributed by atoms with van der Waals surface area (Å²) in [5.41, 5.74) is 3.23. The lowest BCUT2D eigenvalue weighted by Crippen LogP contribution is -2.44. The van der Waals surface area contributed by atoms with E-state index in [9.17, 15) is 24.4 Å². The fourth-order valence-corrected chi connectivity index (χ4v) is 5.51. The molecule has 0 aliphatic carbocycles. The van der Waals surface area contributed by atoms with Gasteiger partial charge in [-0.3, -0.25) is 14.4 Å². The Morgan fingerprint density at radius 3 is 2.43 bits per heavy atom. The average Bonchev–Trinajstić information content (AvgIpc) is 2.94. The van der Waals surface area contributed by atoms with E-state index < -0.39 is 29.7 Å². The molecule has 0 spiro atoms. The van der Waals surface area contributed by atoms with Gasteiger partial charge in [0.15, 0.2) is 0 Å². The van der Waals surface area contributed by atoms with Crippen molar-refractivity contribution in [3.8, 4) is 6.07 Å². The highest BCUT2D eigenvalue weighted by atomic mass is 32.2. The van der Waals surface area contributed by atoms with Gasteiger partial charge in [0.1, 0.15) is 5.92 Å². The van der Waals surface area contributed by atoms with E-state index >= 15 is 0 Å². The molecule has 2 amide bonds. The molecule has 2 heterocycles. The highest BCUT2D eigenvalue weighted by Crippen LogP contribution is 2.40. The summed E-state index contributed by atoms with van der Waals surface area (Å²) in [6, 6.07) is 16.2. The molecular formula is C27H25N3O6S. The van der Waals surface area contributed by atoms with Gasteiger partial charge >= 0.3 is 11.9 Å². The summed E-state index contributed by atoms with van der Waals surface area (Å²) in [4.78, 5) is 52.2. The maximum atomic E-state index is 13.0. The van der Waals surface area contributed by atoms with Crippen LogP contribution < -0.4 is 5.32 Å². The van der Waals surface area contributed by atoms with Gasteiger partial charge in [0.2, 0.25) is 11.8 Å². The topological polar surface area (TPSA) is 126 Å². The molecule has 0 aromatic heterocycles. The maximum Gasteiger partial charge on any atom is 0.337 e. The fourth-order valence-electron chi connectivity index (χ4n) is 4.56. The number of carbonyl (C=O) groups excluding carboxylic acids is 4. The molecule has 190 valence electrons. The smallest absolute Gasteiger partial charge is 0.337 e. The third-order valence-electron chi connectivity index (χ3n) is 6.50. The van der Waals surface area contributed by atoms with E-state index in [1.807, 2.05) is 18.2 Å². The van der Waals surface area contributed by atoms with Crippen molar-refractivity contribution >= 4 is 35.5 Å². The molecule has 2 aliphatic rings. The van der Waals surface area contributed by atoms with Crippen LogP contribution in [0.1, 0.15) is 33.0 Å². The van der Waals surface area contributed by atoms with Crippen molar-refractivity contribution in [1.82, 2.24) is 10.2 Å². The van der Waals surface area contributed by atoms with Gasteiger partial charge in [0.05, 0.1) is 42.2 Å². The summed E-state index contributed by atoms with van der Waals surface area (Å²) in [5, 5.41) is 12.9. The number of nitrogens with zero attached hydrogens (tertiary/aromatic N) is 2. The zero-order valence-corrected chi connectivity index (χ0v) is 21.2. The normalized spacial score (nSPS) is 18.8. The number of carbonyl (C=O) groups is 4. The second kappa shape index (κ2) is 11.3. The Balaban J connectivity index is 1.59. The van der Waals surface area contributed by atoms with Crippen molar-refractivity contribution in [2.75, 3.05) is 26.5 Å². The van der Waals surface area contributed by atoms with Gasteiger partial charge in [0, 0.05) is 19.0 Å². The number of nitriles is 1. The van der Waals surface area contributed by atoms with Crippen LogP contribution in [0.4, 0.5) is 0 Å². The third kappa shape index (κ3) is 5.37. The number of ether oxygens (including phenoxy) is 2. The predicted octanol–water partition coefficient (Wildman–Crippen LogP) is 2.53. The van der Waals surface area contributed by atoms with E-state index in [4.69, 9.17) is 9.47 Å². The molecule has 2 atom stereocenters. The highest BCUT2D eigenvalue weighted by molar-refractivity contribution is 8.03. The quantitative estimate of drug-likeness (QED) is 0.456. The van der Waals surface area contributed by atoms with Gasteiger partial charge in [-0.2, -0.15) is 5.26 Å². The van der Waals surface area contributed by atoms with Gasteiger partial charge in [-0.05, 0) is 35.2 Å². The average molecular weight is 520 g/mol. The second-order valence-electron chi connectivity index (χ2n) is 8.56. The zero-order chi connectivity index (χ0) is 26.5. The van der Waals surface area contributed by atoms with E-state index in [1.165, 1.54) is 31.9 Å². The van der Waals surface area contributed by atoms with Crippen LogP contribution in [0.5, 0.6) is 0 Å². The number of esters is 2. The number of allylic oxidation sites excluding steroid dienone is 1. The molecule has 2 aromatic rings. The maximum absolute atomic E-state index is 13.0. The number of methoxy groups -OCH3 is 2. The molecule has 2 aromatic carbocycles. The molecule has 0 saturated heterocycles. The van der Waals surface area contributed by atoms with Crippen molar-refractivity contribution in [3.63, 3.8) is 0 Å². The number of hydrogen-bond acceptors (Lipinski definition) is 8. The minimum atomic E-state index is -1.30. The Kier molecular flexibility index (Phi) is 7.94. The monoisotopic (exact) mass is 519 g/mol. The number of hydrogen-bond donors (Lipinski definition) is 1. The Hall–Kier alpha value is -4.10. The first-order chi connectivity index (χ1) is 17.9. The van der Waals surface area contributed by atoms with E-state index in [1.54, 1.807) is 17.0 Å². The van der Waals surface area contributed by atoms with Crippen LogP contribution in [0.15, 0.2) is 59.1 Å². The molecule has 0 radical (unpaired) electrons. The van der Waals surface area contributed by atoms with E-state index in [0.717, 1.165) is 23.7 Å². The first kappa shape index (κ1) is 26.0. The van der Waals surface area contributed by atoms with Crippen molar-refractivity contribution in [2.24, 2.45) is 5.92 Å². The van der Waals surface area contributed by atoms with Crippen LogP contribution in [0.3, 0.4) is 0 Å². The van der Waals surface area contributed by atoms with Crippen LogP contribution in [0.25, 0.3) is 0 Å².